The van der Waals surface area contributed by atoms with E-state index in [4.69, 9.17) is 23.2 Å². The number of hydrogen-bond donors (Lipinski definition) is 0. The lowest BCUT2D eigenvalue weighted by atomic mass is 10.1. The largest absolute Gasteiger partial charge is 0.299 e. The predicted octanol–water partition coefficient (Wildman–Crippen LogP) is 5.08. The van der Waals surface area contributed by atoms with Gasteiger partial charge in [0.05, 0.1) is 0 Å². The highest BCUT2D eigenvalue weighted by atomic mass is 35.5. The Hall–Kier alpha value is -1.55. The van der Waals surface area contributed by atoms with Crippen LogP contribution in [0.5, 0.6) is 0 Å². The van der Waals surface area contributed by atoms with Crippen molar-refractivity contribution in [3.63, 3.8) is 0 Å². The summed E-state index contributed by atoms with van der Waals surface area (Å²) in [6.07, 6.45) is 8.69. The van der Waals surface area contributed by atoms with E-state index in [0.29, 0.717) is 22.4 Å². The molecular formula is C26H29Cl2N4P. The van der Waals surface area contributed by atoms with Crippen LogP contribution < -0.4 is 15.9 Å². The highest BCUT2D eigenvalue weighted by molar-refractivity contribution is 7.80. The Morgan fingerprint density at radius 1 is 0.788 bits per heavy atom. The van der Waals surface area contributed by atoms with Crippen molar-refractivity contribution < 1.29 is 0 Å². The first-order valence-corrected chi connectivity index (χ1v) is 13.7. The van der Waals surface area contributed by atoms with Crippen molar-refractivity contribution in [3.8, 4) is 0 Å². The van der Waals surface area contributed by atoms with Gasteiger partial charge in [-0.1, -0.05) is 53.5 Å². The number of benzene rings is 1. The van der Waals surface area contributed by atoms with Gasteiger partial charge in [0.2, 0.25) is 0 Å². The molecule has 2 unspecified atom stereocenters. The molecule has 4 nitrogen and oxygen atoms in total. The molecule has 0 aliphatic carbocycles. The Kier molecular flexibility index (Phi) is 7.02. The van der Waals surface area contributed by atoms with Gasteiger partial charge in [-0.15, -0.1) is 0 Å². The first-order chi connectivity index (χ1) is 16.0. The summed E-state index contributed by atoms with van der Waals surface area (Å²) in [5.74, 6) is 0. The Balaban J connectivity index is 1.74. The topological polar surface area (TPSA) is 32.3 Å². The molecule has 2 atom stereocenters. The highest BCUT2D eigenvalue weighted by Crippen LogP contribution is 2.43. The van der Waals surface area contributed by atoms with E-state index in [0.717, 1.165) is 25.9 Å². The zero-order chi connectivity index (χ0) is 22.9. The standard InChI is InChI=1S/C26H29Cl2N4P/c1-31-12-6-10-21(31)19-16-29-25(27)14-23(19)33(18-8-4-3-5-9-18)24-15-26(28)30-17-20(24)22-11-7-13-32(22)2/h3-5,8-9,14-17,21-22H,6-7,10-13H2,1-2H3. The maximum Gasteiger partial charge on any atom is 0.129 e. The molecule has 0 bridgehead atoms. The van der Waals surface area contributed by atoms with E-state index in [1.54, 1.807) is 0 Å². The molecule has 0 saturated carbocycles. The summed E-state index contributed by atoms with van der Waals surface area (Å²) in [5.41, 5.74) is 2.57. The van der Waals surface area contributed by atoms with Gasteiger partial charge < -0.3 is 0 Å². The minimum atomic E-state index is -0.893. The second kappa shape index (κ2) is 9.98. The van der Waals surface area contributed by atoms with Crippen molar-refractivity contribution in [2.75, 3.05) is 27.2 Å². The van der Waals surface area contributed by atoms with Crippen LogP contribution in [0.25, 0.3) is 0 Å². The molecule has 4 heterocycles. The van der Waals surface area contributed by atoms with Gasteiger partial charge in [0, 0.05) is 24.5 Å². The summed E-state index contributed by atoms with van der Waals surface area (Å²) in [6.45, 7) is 2.21. The van der Waals surface area contributed by atoms with Crippen LogP contribution in [0.2, 0.25) is 10.3 Å². The van der Waals surface area contributed by atoms with Crippen molar-refractivity contribution in [2.45, 2.75) is 37.8 Å². The quantitative estimate of drug-likeness (QED) is 0.362. The number of nitrogens with zero attached hydrogens (tertiary/aromatic N) is 4. The van der Waals surface area contributed by atoms with Crippen molar-refractivity contribution in [2.24, 2.45) is 0 Å². The van der Waals surface area contributed by atoms with Crippen molar-refractivity contribution in [1.29, 1.82) is 0 Å². The molecule has 2 aromatic heterocycles. The fourth-order valence-corrected chi connectivity index (χ4v) is 8.54. The van der Waals surface area contributed by atoms with Gasteiger partial charge in [-0.3, -0.25) is 9.80 Å². The van der Waals surface area contributed by atoms with Crippen molar-refractivity contribution in [1.82, 2.24) is 19.8 Å². The molecule has 2 aliphatic rings. The second-order valence-corrected chi connectivity index (χ2v) is 12.0. The minimum absolute atomic E-state index is 0.355. The molecule has 0 N–H and O–H groups in total. The number of halogens is 2. The van der Waals surface area contributed by atoms with Gasteiger partial charge in [0.15, 0.2) is 0 Å². The van der Waals surface area contributed by atoms with Crippen LogP contribution in [0, 0.1) is 0 Å². The van der Waals surface area contributed by atoms with Crippen LogP contribution in [0.3, 0.4) is 0 Å². The van der Waals surface area contributed by atoms with Crippen molar-refractivity contribution in [3.05, 3.63) is 76.3 Å². The molecule has 3 aromatic rings. The summed E-state index contributed by atoms with van der Waals surface area (Å²) < 4.78 is 0. The highest BCUT2D eigenvalue weighted by Gasteiger charge is 2.33. The monoisotopic (exact) mass is 498 g/mol. The zero-order valence-corrected chi connectivity index (χ0v) is 21.5. The number of pyridine rings is 2. The van der Waals surface area contributed by atoms with E-state index >= 15 is 0 Å². The third kappa shape index (κ3) is 4.70. The van der Waals surface area contributed by atoms with Crippen LogP contribution in [-0.2, 0) is 0 Å². The molecule has 2 saturated heterocycles. The predicted molar refractivity (Wildman–Crippen MR) is 140 cm³/mol. The van der Waals surface area contributed by atoms with E-state index < -0.39 is 7.92 Å². The van der Waals surface area contributed by atoms with E-state index in [1.807, 2.05) is 12.4 Å². The molecule has 5 rings (SSSR count). The minimum Gasteiger partial charge on any atom is -0.299 e. The smallest absolute Gasteiger partial charge is 0.129 e. The molecule has 1 aromatic carbocycles. The molecule has 2 aliphatic heterocycles. The van der Waals surface area contributed by atoms with Crippen LogP contribution in [0.4, 0.5) is 0 Å². The normalized spacial score (nSPS) is 22.7. The van der Waals surface area contributed by atoms with E-state index in [-0.39, 0.29) is 0 Å². The van der Waals surface area contributed by atoms with Crippen LogP contribution in [0.1, 0.15) is 48.9 Å². The molecule has 33 heavy (non-hydrogen) atoms. The number of likely N-dealkylation sites (tertiary alicyclic amines) is 2. The van der Waals surface area contributed by atoms with E-state index in [9.17, 15) is 0 Å². The zero-order valence-electron chi connectivity index (χ0n) is 19.1. The molecule has 0 spiro atoms. The fourth-order valence-electron chi connectivity index (χ4n) is 5.35. The van der Waals surface area contributed by atoms with Crippen LogP contribution in [0.15, 0.2) is 54.9 Å². The number of hydrogen-bond acceptors (Lipinski definition) is 4. The summed E-state index contributed by atoms with van der Waals surface area (Å²) in [4.78, 5) is 13.9. The molecule has 7 heteroatoms. The third-order valence-electron chi connectivity index (χ3n) is 7.01. The second-order valence-electron chi connectivity index (χ2n) is 9.08. The van der Waals surface area contributed by atoms with Gasteiger partial charge in [-0.25, -0.2) is 9.97 Å². The van der Waals surface area contributed by atoms with Gasteiger partial charge in [-0.05, 0) is 100.0 Å². The molecule has 2 fully saturated rings. The first kappa shape index (κ1) is 23.2. The summed E-state index contributed by atoms with van der Waals surface area (Å²) >= 11 is 13.1. The lowest BCUT2D eigenvalue weighted by Gasteiger charge is -2.30. The van der Waals surface area contributed by atoms with Crippen LogP contribution >= 0.6 is 31.1 Å². The van der Waals surface area contributed by atoms with Gasteiger partial charge >= 0.3 is 0 Å². The lowest BCUT2D eigenvalue weighted by molar-refractivity contribution is 0.318. The Morgan fingerprint density at radius 2 is 1.27 bits per heavy atom. The number of rotatable bonds is 5. The summed E-state index contributed by atoms with van der Waals surface area (Å²) in [6, 6.07) is 15.7. The van der Waals surface area contributed by atoms with Crippen molar-refractivity contribution >= 4 is 47.0 Å². The van der Waals surface area contributed by atoms with Crippen LogP contribution in [-0.4, -0.2) is 47.0 Å². The first-order valence-electron chi connectivity index (χ1n) is 11.6. The Morgan fingerprint density at radius 3 is 1.70 bits per heavy atom. The summed E-state index contributed by atoms with van der Waals surface area (Å²) in [5, 5.41) is 4.93. The molecule has 0 amide bonds. The maximum atomic E-state index is 6.54. The SMILES string of the molecule is CN1CCCC1c1cnc(Cl)cc1P(c1ccccc1)c1cc(Cl)ncc1C1CCCN1C. The lowest BCUT2D eigenvalue weighted by Crippen LogP contribution is -2.31. The molecular weight excluding hydrogens is 470 g/mol. The maximum absolute atomic E-state index is 6.54. The van der Waals surface area contributed by atoms with Gasteiger partial charge in [0.1, 0.15) is 10.3 Å². The third-order valence-corrected chi connectivity index (χ3v) is 9.98. The van der Waals surface area contributed by atoms with Gasteiger partial charge in [-0.2, -0.15) is 0 Å². The molecule has 172 valence electrons. The van der Waals surface area contributed by atoms with E-state index in [1.165, 1.54) is 39.9 Å². The fraction of sp³-hybridized carbons (Fsp3) is 0.385. The average molecular weight is 499 g/mol. The number of aromatic nitrogens is 2. The summed E-state index contributed by atoms with van der Waals surface area (Å²) in [7, 11) is 3.53. The van der Waals surface area contributed by atoms with Gasteiger partial charge in [0.25, 0.3) is 0 Å². The van der Waals surface area contributed by atoms with E-state index in [2.05, 4.69) is 76.3 Å². The molecule has 0 radical (unpaired) electrons. The average Bonchev–Trinajstić information content (AvgIpc) is 3.43. The Labute approximate surface area is 207 Å². The Bertz CT molecular complexity index is 1060.